The van der Waals surface area contributed by atoms with Gasteiger partial charge in [-0.15, -0.1) is 26.3 Å². The molecule has 0 heterocycles. The molecule has 0 nitrogen and oxygen atoms in total. The first-order valence-electron chi connectivity index (χ1n) is 11.3. The summed E-state index contributed by atoms with van der Waals surface area (Å²) in [5.74, 6) is 0. The number of unbranched alkanes of at least 4 members (excludes halogenated alkanes) is 16. The molecule has 26 heavy (non-hydrogen) atoms. The number of allylic oxidation sites excluding steroid dienone is 4. The summed E-state index contributed by atoms with van der Waals surface area (Å²) in [6.45, 7) is 14.9. The Kier molecular flexibility index (Phi) is 30.1. The summed E-state index contributed by atoms with van der Waals surface area (Å²) in [5, 5.41) is 0. The molecule has 0 spiro atoms. The first-order chi connectivity index (χ1) is 12.8. The van der Waals surface area contributed by atoms with E-state index in [-0.39, 0.29) is 0 Å². The summed E-state index contributed by atoms with van der Waals surface area (Å²) < 4.78 is 0. The van der Waals surface area contributed by atoms with E-state index in [0.29, 0.717) is 0 Å². The number of hydrogen-bond acceptors (Lipinski definition) is 0. The van der Waals surface area contributed by atoms with Crippen LogP contribution < -0.4 is 0 Å². The Morgan fingerprint density at radius 2 is 0.423 bits per heavy atom. The average Bonchev–Trinajstić information content (AvgIpc) is 2.66. The van der Waals surface area contributed by atoms with Crippen molar-refractivity contribution in [2.45, 2.75) is 116 Å². The molecule has 0 aromatic rings. The van der Waals surface area contributed by atoms with Gasteiger partial charge in [-0.2, -0.15) is 0 Å². The second-order valence-corrected chi connectivity index (χ2v) is 7.26. The maximum Gasteiger partial charge on any atom is -0.0353 e. The Bertz CT molecular complexity index is 256. The van der Waals surface area contributed by atoms with Gasteiger partial charge >= 0.3 is 0 Å². The second-order valence-electron chi connectivity index (χ2n) is 7.26. The molecule has 0 aromatic heterocycles. The van der Waals surface area contributed by atoms with Crippen LogP contribution in [0.5, 0.6) is 0 Å². The van der Waals surface area contributed by atoms with Crippen molar-refractivity contribution >= 4 is 0 Å². The summed E-state index contributed by atoms with van der Waals surface area (Å²) in [6.07, 6.45) is 32.1. The highest BCUT2D eigenvalue weighted by Gasteiger charge is 1.91. The van der Waals surface area contributed by atoms with Gasteiger partial charge in [-0.05, 0) is 51.4 Å². The fraction of sp³-hybridized carbons (Fsp3) is 0.692. The summed E-state index contributed by atoms with van der Waals surface area (Å²) >= 11 is 0. The minimum Gasteiger partial charge on any atom is -0.103 e. The van der Waals surface area contributed by atoms with Gasteiger partial charge in [-0.25, -0.2) is 0 Å². The minimum absolute atomic E-state index is 1.19. The van der Waals surface area contributed by atoms with E-state index in [1.54, 1.807) is 0 Å². The molecule has 0 radical (unpaired) electrons. The zero-order valence-electron chi connectivity index (χ0n) is 17.9. The van der Waals surface area contributed by atoms with E-state index in [4.69, 9.17) is 0 Å². The summed E-state index contributed by atoms with van der Waals surface area (Å²) in [5.41, 5.74) is 0. The first-order valence-corrected chi connectivity index (χ1v) is 11.3. The van der Waals surface area contributed by atoms with Gasteiger partial charge in [0.1, 0.15) is 0 Å². The largest absolute Gasteiger partial charge is 0.103 e. The van der Waals surface area contributed by atoms with Crippen molar-refractivity contribution in [3.05, 3.63) is 50.6 Å². The van der Waals surface area contributed by atoms with Gasteiger partial charge in [-0.1, -0.05) is 88.5 Å². The van der Waals surface area contributed by atoms with Crippen LogP contribution in [-0.4, -0.2) is 0 Å². The van der Waals surface area contributed by atoms with Crippen LogP contribution in [0.1, 0.15) is 116 Å². The molecule has 0 aliphatic carbocycles. The number of rotatable bonds is 20. The molecule has 0 atom stereocenters. The molecule has 0 saturated heterocycles. The Balaban J connectivity index is 0. The van der Waals surface area contributed by atoms with Crippen LogP contribution in [0.4, 0.5) is 0 Å². The van der Waals surface area contributed by atoms with Crippen molar-refractivity contribution in [1.29, 1.82) is 0 Å². The molecule has 0 N–H and O–H groups in total. The van der Waals surface area contributed by atoms with E-state index in [9.17, 15) is 0 Å². The van der Waals surface area contributed by atoms with Crippen molar-refractivity contribution in [2.75, 3.05) is 0 Å². The van der Waals surface area contributed by atoms with Crippen molar-refractivity contribution in [2.24, 2.45) is 0 Å². The molecule has 0 bridgehead atoms. The predicted molar refractivity (Wildman–Crippen MR) is 124 cm³/mol. The quantitative estimate of drug-likeness (QED) is 0.150. The van der Waals surface area contributed by atoms with E-state index in [1.807, 2.05) is 24.3 Å². The third-order valence-electron chi connectivity index (χ3n) is 4.63. The molecular weight excluding hydrogens is 312 g/mol. The number of hydrogen-bond donors (Lipinski definition) is 0. The Morgan fingerprint density at radius 1 is 0.269 bits per heavy atom. The van der Waals surface area contributed by atoms with Gasteiger partial charge in [0.15, 0.2) is 0 Å². The molecule has 0 aliphatic heterocycles. The Hall–Kier alpha value is -1.04. The SMILES string of the molecule is C=CCCCCCCCCC=C.C=CCCCCCCCCCCC=C. The Morgan fingerprint density at radius 3 is 0.577 bits per heavy atom. The van der Waals surface area contributed by atoms with Crippen LogP contribution >= 0.6 is 0 Å². The van der Waals surface area contributed by atoms with Crippen LogP contribution in [0.15, 0.2) is 50.6 Å². The maximum absolute atomic E-state index is 3.73. The fourth-order valence-corrected chi connectivity index (χ4v) is 2.92. The van der Waals surface area contributed by atoms with E-state index in [2.05, 4.69) is 26.3 Å². The van der Waals surface area contributed by atoms with Crippen LogP contribution in [0.3, 0.4) is 0 Å². The zero-order valence-corrected chi connectivity index (χ0v) is 17.9. The fourth-order valence-electron chi connectivity index (χ4n) is 2.92. The Labute approximate surface area is 166 Å². The van der Waals surface area contributed by atoms with Crippen LogP contribution in [0.2, 0.25) is 0 Å². The topological polar surface area (TPSA) is 0 Å². The van der Waals surface area contributed by atoms with E-state index in [1.165, 1.54) is 116 Å². The van der Waals surface area contributed by atoms with Gasteiger partial charge in [0.25, 0.3) is 0 Å². The molecule has 0 heteroatoms. The van der Waals surface area contributed by atoms with E-state index >= 15 is 0 Å². The summed E-state index contributed by atoms with van der Waals surface area (Å²) in [4.78, 5) is 0. The molecule has 0 rings (SSSR count). The monoisotopic (exact) mass is 360 g/mol. The highest BCUT2D eigenvalue weighted by molar-refractivity contribution is 4.67. The molecule has 0 fully saturated rings. The van der Waals surface area contributed by atoms with Gasteiger partial charge in [0, 0.05) is 0 Å². The molecule has 0 saturated carbocycles. The van der Waals surface area contributed by atoms with Crippen molar-refractivity contribution in [3.8, 4) is 0 Å². The third-order valence-corrected chi connectivity index (χ3v) is 4.63. The molecule has 152 valence electrons. The van der Waals surface area contributed by atoms with Crippen LogP contribution in [-0.2, 0) is 0 Å². The third kappa shape index (κ3) is 30.8. The minimum atomic E-state index is 1.19. The highest BCUT2D eigenvalue weighted by Crippen LogP contribution is 2.10. The lowest BCUT2D eigenvalue weighted by Crippen LogP contribution is -1.80. The molecule has 0 amide bonds. The van der Waals surface area contributed by atoms with Crippen LogP contribution in [0.25, 0.3) is 0 Å². The lowest BCUT2D eigenvalue weighted by Gasteiger charge is -2.00. The second kappa shape index (κ2) is 28.8. The molecule has 0 aliphatic rings. The zero-order chi connectivity index (χ0) is 19.6. The predicted octanol–water partition coefficient (Wildman–Crippen LogP) is 9.74. The first kappa shape index (κ1) is 27.2. The summed E-state index contributed by atoms with van der Waals surface area (Å²) in [7, 11) is 0. The van der Waals surface area contributed by atoms with Crippen molar-refractivity contribution in [1.82, 2.24) is 0 Å². The lowest BCUT2D eigenvalue weighted by atomic mass is 10.1. The van der Waals surface area contributed by atoms with Gasteiger partial charge in [-0.3, -0.25) is 0 Å². The highest BCUT2D eigenvalue weighted by atomic mass is 14.0. The maximum atomic E-state index is 3.73. The molecule has 0 aromatic carbocycles. The lowest BCUT2D eigenvalue weighted by molar-refractivity contribution is 0.571. The van der Waals surface area contributed by atoms with Gasteiger partial charge < -0.3 is 0 Å². The molecule has 0 unspecified atom stereocenters. The summed E-state index contributed by atoms with van der Waals surface area (Å²) in [6, 6.07) is 0. The van der Waals surface area contributed by atoms with Crippen molar-refractivity contribution in [3.63, 3.8) is 0 Å². The van der Waals surface area contributed by atoms with Crippen LogP contribution in [0, 0.1) is 0 Å². The average molecular weight is 361 g/mol. The van der Waals surface area contributed by atoms with Crippen molar-refractivity contribution < 1.29 is 0 Å². The normalized spacial score (nSPS) is 9.85. The molecular formula is C26H48. The van der Waals surface area contributed by atoms with Gasteiger partial charge in [0.2, 0.25) is 0 Å². The smallest absolute Gasteiger partial charge is 0.0353 e. The van der Waals surface area contributed by atoms with E-state index in [0.717, 1.165) is 0 Å². The van der Waals surface area contributed by atoms with E-state index < -0.39 is 0 Å². The standard InChI is InChI=1S/C14H26.C12H22/c1-3-5-7-9-11-13-14-12-10-8-6-4-2;1-3-5-7-9-11-12-10-8-6-4-2/h3-4H,1-2,5-14H2;3-4H,1-2,5-12H2. The van der Waals surface area contributed by atoms with Gasteiger partial charge in [0.05, 0.1) is 0 Å².